The minimum atomic E-state index is -0.218. The van der Waals surface area contributed by atoms with Crippen LogP contribution in [0.15, 0.2) is 42.5 Å². The summed E-state index contributed by atoms with van der Waals surface area (Å²) < 4.78 is 5.56. The number of rotatable bonds is 4. The van der Waals surface area contributed by atoms with Crippen LogP contribution in [-0.2, 0) is 11.3 Å². The van der Waals surface area contributed by atoms with E-state index < -0.39 is 0 Å². The Balaban J connectivity index is 1.49. The lowest BCUT2D eigenvalue weighted by molar-refractivity contribution is -0.121. The van der Waals surface area contributed by atoms with Crippen LogP contribution in [0, 0.1) is 0 Å². The number of benzene rings is 2. The van der Waals surface area contributed by atoms with Crippen molar-refractivity contribution in [1.29, 1.82) is 0 Å². The molecule has 2 N–H and O–H groups in total. The van der Waals surface area contributed by atoms with Gasteiger partial charge < -0.3 is 20.3 Å². The zero-order valence-corrected chi connectivity index (χ0v) is 16.9. The van der Waals surface area contributed by atoms with Gasteiger partial charge in [0.1, 0.15) is 5.75 Å². The van der Waals surface area contributed by atoms with E-state index in [9.17, 15) is 9.59 Å². The highest BCUT2D eigenvalue weighted by Gasteiger charge is 2.26. The van der Waals surface area contributed by atoms with Crippen LogP contribution in [0.2, 0.25) is 5.02 Å². The molecule has 0 spiro atoms. The summed E-state index contributed by atoms with van der Waals surface area (Å²) in [5.74, 6) is 0.494. The Morgan fingerprint density at radius 3 is 2.62 bits per heavy atom. The summed E-state index contributed by atoms with van der Waals surface area (Å²) in [6.45, 7) is 0.402. The molecule has 29 heavy (non-hydrogen) atoms. The van der Waals surface area contributed by atoms with E-state index >= 15 is 0 Å². The van der Waals surface area contributed by atoms with Crippen molar-refractivity contribution in [3.63, 3.8) is 0 Å². The number of halogens is 1. The van der Waals surface area contributed by atoms with Gasteiger partial charge in [0.25, 0.3) is 5.91 Å². The molecule has 6 nitrogen and oxygen atoms in total. The number of amides is 3. The Kier molecular flexibility index (Phi) is 5.90. The van der Waals surface area contributed by atoms with E-state index in [1.165, 1.54) is 6.42 Å². The summed E-state index contributed by atoms with van der Waals surface area (Å²) in [7, 11) is 0. The van der Waals surface area contributed by atoms with Crippen molar-refractivity contribution in [2.45, 2.75) is 44.7 Å². The molecule has 1 fully saturated rings. The second-order valence-corrected chi connectivity index (χ2v) is 7.95. The quantitative estimate of drug-likeness (QED) is 0.761. The summed E-state index contributed by atoms with van der Waals surface area (Å²) in [4.78, 5) is 26.5. The van der Waals surface area contributed by atoms with Crippen LogP contribution in [0.1, 0.15) is 37.7 Å². The van der Waals surface area contributed by atoms with Crippen molar-refractivity contribution >= 4 is 34.9 Å². The van der Waals surface area contributed by atoms with Gasteiger partial charge in [0.15, 0.2) is 6.61 Å². The largest absolute Gasteiger partial charge is 0.482 e. The van der Waals surface area contributed by atoms with Crippen molar-refractivity contribution in [2.24, 2.45) is 0 Å². The predicted octanol–water partition coefficient (Wildman–Crippen LogP) is 4.72. The molecule has 2 aromatic rings. The van der Waals surface area contributed by atoms with Gasteiger partial charge in [0.2, 0.25) is 0 Å². The van der Waals surface area contributed by atoms with Crippen LogP contribution < -0.4 is 20.3 Å². The minimum Gasteiger partial charge on any atom is -0.482 e. The van der Waals surface area contributed by atoms with Crippen LogP contribution >= 0.6 is 11.6 Å². The number of nitrogens with zero attached hydrogens (tertiary/aromatic N) is 1. The summed E-state index contributed by atoms with van der Waals surface area (Å²) in [5, 5.41) is 6.57. The second-order valence-electron chi connectivity index (χ2n) is 7.51. The summed E-state index contributed by atoms with van der Waals surface area (Å²) in [6.07, 6.45) is 5.59. The summed E-state index contributed by atoms with van der Waals surface area (Å²) in [6, 6.07) is 12.8. The number of hydrogen-bond donors (Lipinski definition) is 2. The first-order chi connectivity index (χ1) is 14.1. The molecule has 2 aliphatic rings. The lowest BCUT2D eigenvalue weighted by Gasteiger charge is -2.30. The van der Waals surface area contributed by atoms with Crippen LogP contribution in [-0.4, -0.2) is 24.6 Å². The first kappa shape index (κ1) is 19.6. The van der Waals surface area contributed by atoms with E-state index in [2.05, 4.69) is 10.6 Å². The SMILES string of the molecule is O=C(Nc1ccc2c(c1)N(Cc1ccc(Cl)cc1)C(=O)CO2)NC1CCCCC1. The van der Waals surface area contributed by atoms with E-state index in [-0.39, 0.29) is 24.6 Å². The molecular weight excluding hydrogens is 390 g/mol. The van der Waals surface area contributed by atoms with Crippen LogP contribution in [0.3, 0.4) is 0 Å². The molecule has 1 heterocycles. The van der Waals surface area contributed by atoms with E-state index in [1.54, 1.807) is 35.2 Å². The number of fused-ring (bicyclic) bond motifs is 1. The molecule has 0 bridgehead atoms. The van der Waals surface area contributed by atoms with Crippen molar-refractivity contribution in [3.8, 4) is 5.75 Å². The standard InChI is InChI=1S/C22H24ClN3O3/c23-16-8-6-15(7-9-16)13-26-19-12-18(10-11-20(19)29-14-21(26)27)25-22(28)24-17-4-2-1-3-5-17/h6-12,17H,1-5,13-14H2,(H2,24,25,28). The molecule has 0 aromatic heterocycles. The number of carbonyl (C=O) groups excluding carboxylic acids is 2. The molecule has 0 unspecified atom stereocenters. The zero-order chi connectivity index (χ0) is 20.2. The topological polar surface area (TPSA) is 70.7 Å². The fourth-order valence-corrected chi connectivity index (χ4v) is 3.95. The third kappa shape index (κ3) is 4.82. The van der Waals surface area contributed by atoms with Crippen molar-refractivity contribution in [2.75, 3.05) is 16.8 Å². The number of urea groups is 1. The maximum Gasteiger partial charge on any atom is 0.319 e. The van der Waals surface area contributed by atoms with Gasteiger partial charge in [0.05, 0.1) is 12.2 Å². The van der Waals surface area contributed by atoms with Gasteiger partial charge in [-0.1, -0.05) is 43.0 Å². The van der Waals surface area contributed by atoms with Crippen LogP contribution in [0.25, 0.3) is 0 Å². The Hall–Kier alpha value is -2.73. The molecule has 4 rings (SSSR count). The highest BCUT2D eigenvalue weighted by Crippen LogP contribution is 2.35. The lowest BCUT2D eigenvalue weighted by Crippen LogP contribution is -2.39. The highest BCUT2D eigenvalue weighted by molar-refractivity contribution is 6.30. The van der Waals surface area contributed by atoms with Crippen molar-refractivity contribution in [1.82, 2.24) is 5.32 Å². The summed E-state index contributed by atoms with van der Waals surface area (Å²) >= 11 is 5.96. The van der Waals surface area contributed by atoms with Gasteiger partial charge in [0, 0.05) is 16.8 Å². The predicted molar refractivity (Wildman–Crippen MR) is 114 cm³/mol. The molecule has 3 amide bonds. The third-order valence-electron chi connectivity index (χ3n) is 5.35. The Bertz CT molecular complexity index is 895. The fourth-order valence-electron chi connectivity index (χ4n) is 3.83. The first-order valence-corrected chi connectivity index (χ1v) is 10.4. The van der Waals surface area contributed by atoms with Crippen molar-refractivity contribution in [3.05, 3.63) is 53.1 Å². The maximum absolute atomic E-state index is 12.5. The molecule has 0 saturated heterocycles. The molecule has 1 saturated carbocycles. The van der Waals surface area contributed by atoms with Crippen LogP contribution in [0.5, 0.6) is 5.75 Å². The second kappa shape index (κ2) is 8.74. The molecule has 1 aliphatic carbocycles. The fraction of sp³-hybridized carbons (Fsp3) is 0.364. The molecule has 152 valence electrons. The summed E-state index contributed by atoms with van der Waals surface area (Å²) in [5.41, 5.74) is 2.23. The number of anilines is 2. The number of ether oxygens (including phenoxy) is 1. The smallest absolute Gasteiger partial charge is 0.319 e. The number of carbonyl (C=O) groups is 2. The van der Waals surface area contributed by atoms with Gasteiger partial charge >= 0.3 is 6.03 Å². The average Bonchev–Trinajstić information content (AvgIpc) is 2.72. The molecular formula is C22H24ClN3O3. The lowest BCUT2D eigenvalue weighted by atomic mass is 9.96. The average molecular weight is 414 g/mol. The van der Waals surface area contributed by atoms with Gasteiger partial charge in [-0.25, -0.2) is 4.79 Å². The Morgan fingerprint density at radius 2 is 1.86 bits per heavy atom. The van der Waals surface area contributed by atoms with Gasteiger partial charge in [-0.15, -0.1) is 0 Å². The third-order valence-corrected chi connectivity index (χ3v) is 5.61. The molecule has 7 heteroatoms. The first-order valence-electron chi connectivity index (χ1n) is 9.98. The van der Waals surface area contributed by atoms with Gasteiger partial charge in [-0.05, 0) is 48.7 Å². The van der Waals surface area contributed by atoms with Crippen molar-refractivity contribution < 1.29 is 14.3 Å². The normalized spacial score (nSPS) is 16.7. The number of nitrogens with one attached hydrogen (secondary N) is 2. The molecule has 1 aliphatic heterocycles. The number of hydrogen-bond acceptors (Lipinski definition) is 3. The molecule has 0 atom stereocenters. The Labute approximate surface area is 175 Å². The van der Waals surface area contributed by atoms with Crippen LogP contribution in [0.4, 0.5) is 16.2 Å². The van der Waals surface area contributed by atoms with Gasteiger partial charge in [-0.2, -0.15) is 0 Å². The molecule has 0 radical (unpaired) electrons. The Morgan fingerprint density at radius 1 is 1.10 bits per heavy atom. The maximum atomic E-state index is 12.5. The highest BCUT2D eigenvalue weighted by atomic mass is 35.5. The van der Waals surface area contributed by atoms with E-state index in [0.717, 1.165) is 31.2 Å². The van der Waals surface area contributed by atoms with Gasteiger partial charge in [-0.3, -0.25) is 4.79 Å². The monoisotopic (exact) mass is 413 g/mol. The minimum absolute atomic E-state index is 0.00443. The molecule has 2 aromatic carbocycles. The van der Waals surface area contributed by atoms with E-state index in [4.69, 9.17) is 16.3 Å². The van der Waals surface area contributed by atoms with E-state index in [0.29, 0.717) is 28.7 Å². The zero-order valence-electron chi connectivity index (χ0n) is 16.1. The van der Waals surface area contributed by atoms with E-state index in [1.807, 2.05) is 12.1 Å².